The summed E-state index contributed by atoms with van der Waals surface area (Å²) < 4.78 is 8.12. The van der Waals surface area contributed by atoms with Crippen LogP contribution < -0.4 is 21.3 Å². The average Bonchev–Trinajstić information content (AvgIpc) is 2.88. The van der Waals surface area contributed by atoms with Crippen molar-refractivity contribution in [3.8, 4) is 6.01 Å². The predicted molar refractivity (Wildman–Crippen MR) is 73.1 cm³/mol. The molecule has 8 nitrogen and oxygen atoms in total. The Morgan fingerprint density at radius 2 is 2.10 bits per heavy atom. The van der Waals surface area contributed by atoms with Gasteiger partial charge in [0.2, 0.25) is 0 Å². The van der Waals surface area contributed by atoms with Gasteiger partial charge in [-0.05, 0) is 19.4 Å². The monoisotopic (exact) mass is 279 g/mol. The molecule has 0 saturated carbocycles. The van der Waals surface area contributed by atoms with Crippen molar-refractivity contribution in [3.63, 3.8) is 0 Å². The molecule has 108 valence electrons. The van der Waals surface area contributed by atoms with Crippen molar-refractivity contribution in [1.29, 1.82) is 0 Å². The van der Waals surface area contributed by atoms with Gasteiger partial charge in [0.15, 0.2) is 11.2 Å². The van der Waals surface area contributed by atoms with Gasteiger partial charge in [0.25, 0.3) is 11.6 Å². The molecule has 1 saturated heterocycles. The van der Waals surface area contributed by atoms with Crippen molar-refractivity contribution in [2.45, 2.75) is 18.9 Å². The molecule has 20 heavy (non-hydrogen) atoms. The Labute approximate surface area is 114 Å². The highest BCUT2D eigenvalue weighted by Gasteiger charge is 2.18. The molecule has 2 aromatic heterocycles. The van der Waals surface area contributed by atoms with E-state index in [1.54, 1.807) is 7.05 Å². The SMILES string of the molecule is Cn1c(=O)c2[nH]c(O[C@H]3CCCNC3)nc2n(C)c1=O. The summed E-state index contributed by atoms with van der Waals surface area (Å²) in [5.74, 6) is 0. The van der Waals surface area contributed by atoms with E-state index in [4.69, 9.17) is 4.74 Å². The Bertz CT molecular complexity index is 751. The normalized spacial score (nSPS) is 19.4. The summed E-state index contributed by atoms with van der Waals surface area (Å²) in [6.07, 6.45) is 2.02. The fraction of sp³-hybridized carbons (Fsp3) is 0.583. The highest BCUT2D eigenvalue weighted by Crippen LogP contribution is 2.14. The molecule has 2 N–H and O–H groups in total. The minimum atomic E-state index is -0.403. The topological polar surface area (TPSA) is 93.9 Å². The number of hydrogen-bond donors (Lipinski definition) is 2. The fourth-order valence-corrected chi connectivity index (χ4v) is 2.44. The Hall–Kier alpha value is -2.09. The molecule has 1 aliphatic heterocycles. The number of nitrogens with one attached hydrogen (secondary N) is 2. The average molecular weight is 279 g/mol. The molecular weight excluding hydrogens is 262 g/mol. The zero-order valence-electron chi connectivity index (χ0n) is 11.5. The summed E-state index contributed by atoms with van der Waals surface area (Å²) in [4.78, 5) is 30.9. The molecular formula is C12H17N5O3. The van der Waals surface area contributed by atoms with E-state index in [0.29, 0.717) is 5.65 Å². The van der Waals surface area contributed by atoms with Crippen LogP contribution >= 0.6 is 0 Å². The Balaban J connectivity index is 2.02. The number of ether oxygens (including phenoxy) is 1. The lowest BCUT2D eigenvalue weighted by Gasteiger charge is -2.22. The zero-order valence-corrected chi connectivity index (χ0v) is 11.5. The van der Waals surface area contributed by atoms with Gasteiger partial charge in [-0.15, -0.1) is 0 Å². The summed E-state index contributed by atoms with van der Waals surface area (Å²) in [7, 11) is 3.02. The molecule has 1 atom stereocenters. The first-order chi connectivity index (χ1) is 9.58. The molecule has 0 amide bonds. The van der Waals surface area contributed by atoms with E-state index in [0.717, 1.165) is 30.5 Å². The van der Waals surface area contributed by atoms with E-state index in [9.17, 15) is 9.59 Å². The van der Waals surface area contributed by atoms with Gasteiger partial charge in [-0.1, -0.05) is 0 Å². The third kappa shape index (κ3) is 2.01. The van der Waals surface area contributed by atoms with Crippen LogP contribution in [0.5, 0.6) is 6.01 Å². The second-order valence-corrected chi connectivity index (χ2v) is 5.03. The first kappa shape index (κ1) is 12.9. The fourth-order valence-electron chi connectivity index (χ4n) is 2.44. The van der Waals surface area contributed by atoms with Gasteiger partial charge in [-0.2, -0.15) is 4.98 Å². The van der Waals surface area contributed by atoms with Crippen molar-refractivity contribution >= 4 is 11.2 Å². The predicted octanol–water partition coefficient (Wildman–Crippen LogP) is -0.909. The molecule has 0 radical (unpaired) electrons. The molecule has 2 aromatic rings. The summed E-state index contributed by atoms with van der Waals surface area (Å²) in [5.41, 5.74) is -0.197. The number of aromatic nitrogens is 4. The van der Waals surface area contributed by atoms with Gasteiger partial charge >= 0.3 is 5.69 Å². The highest BCUT2D eigenvalue weighted by molar-refractivity contribution is 5.70. The van der Waals surface area contributed by atoms with Crippen molar-refractivity contribution in [2.24, 2.45) is 14.1 Å². The third-order valence-electron chi connectivity index (χ3n) is 3.60. The van der Waals surface area contributed by atoms with E-state index in [1.165, 1.54) is 11.6 Å². The van der Waals surface area contributed by atoms with Crippen LogP contribution in [0.25, 0.3) is 11.2 Å². The maximum Gasteiger partial charge on any atom is 0.332 e. The van der Waals surface area contributed by atoms with Crippen LogP contribution in [0, 0.1) is 0 Å². The van der Waals surface area contributed by atoms with Crippen LogP contribution in [0.1, 0.15) is 12.8 Å². The number of nitrogens with zero attached hydrogens (tertiary/aromatic N) is 3. The number of aromatic amines is 1. The van der Waals surface area contributed by atoms with Crippen molar-refractivity contribution in [1.82, 2.24) is 24.4 Å². The summed E-state index contributed by atoms with van der Waals surface area (Å²) in [6, 6.07) is 0.284. The smallest absolute Gasteiger partial charge is 0.332 e. The van der Waals surface area contributed by atoms with E-state index in [2.05, 4.69) is 15.3 Å². The molecule has 8 heteroatoms. The lowest BCUT2D eigenvalue weighted by atomic mass is 10.1. The van der Waals surface area contributed by atoms with Crippen molar-refractivity contribution < 1.29 is 4.74 Å². The lowest BCUT2D eigenvalue weighted by Crippen LogP contribution is -2.37. The third-order valence-corrected chi connectivity index (χ3v) is 3.60. The largest absolute Gasteiger partial charge is 0.460 e. The van der Waals surface area contributed by atoms with Gasteiger partial charge in [0.05, 0.1) is 0 Å². The van der Waals surface area contributed by atoms with Gasteiger partial charge in [-0.25, -0.2) is 4.79 Å². The van der Waals surface area contributed by atoms with Crippen LogP contribution in [0.15, 0.2) is 9.59 Å². The number of rotatable bonds is 2. The molecule has 3 heterocycles. The van der Waals surface area contributed by atoms with Crippen molar-refractivity contribution in [3.05, 3.63) is 20.8 Å². The number of piperidine rings is 1. The van der Waals surface area contributed by atoms with Gasteiger partial charge < -0.3 is 15.0 Å². The van der Waals surface area contributed by atoms with Gasteiger partial charge in [0, 0.05) is 20.6 Å². The summed E-state index contributed by atoms with van der Waals surface area (Å²) in [6.45, 7) is 1.75. The van der Waals surface area contributed by atoms with Crippen LogP contribution in [-0.2, 0) is 14.1 Å². The van der Waals surface area contributed by atoms with Crippen LogP contribution in [0.3, 0.4) is 0 Å². The van der Waals surface area contributed by atoms with Crippen molar-refractivity contribution in [2.75, 3.05) is 13.1 Å². The molecule has 0 aliphatic carbocycles. The van der Waals surface area contributed by atoms with Crippen LogP contribution in [-0.4, -0.2) is 38.3 Å². The van der Waals surface area contributed by atoms with E-state index in [1.807, 2.05) is 0 Å². The van der Waals surface area contributed by atoms with E-state index >= 15 is 0 Å². The zero-order chi connectivity index (χ0) is 14.3. The number of fused-ring (bicyclic) bond motifs is 1. The highest BCUT2D eigenvalue weighted by atomic mass is 16.5. The molecule has 0 aromatic carbocycles. The van der Waals surface area contributed by atoms with Crippen LogP contribution in [0.4, 0.5) is 0 Å². The second kappa shape index (κ2) is 4.78. The summed E-state index contributed by atoms with van der Waals surface area (Å²) in [5, 5.41) is 3.24. The van der Waals surface area contributed by atoms with Crippen LogP contribution in [0.2, 0.25) is 0 Å². The molecule has 1 aliphatic rings. The molecule has 0 spiro atoms. The number of imidazole rings is 1. The van der Waals surface area contributed by atoms with E-state index in [-0.39, 0.29) is 17.6 Å². The lowest BCUT2D eigenvalue weighted by molar-refractivity contribution is 0.155. The summed E-state index contributed by atoms with van der Waals surface area (Å²) >= 11 is 0. The quantitative estimate of drug-likeness (QED) is 0.742. The standard InChI is InChI=1S/C12H17N5O3/c1-16-9-8(10(18)17(2)12(16)19)14-11(15-9)20-7-4-3-5-13-6-7/h7,13H,3-6H2,1-2H3,(H,14,15)/t7-/m0/s1. The molecule has 3 rings (SSSR count). The Morgan fingerprint density at radius 3 is 2.80 bits per heavy atom. The maximum absolute atomic E-state index is 12.0. The maximum atomic E-state index is 12.0. The number of aryl methyl sites for hydroxylation is 1. The molecule has 0 unspecified atom stereocenters. The molecule has 1 fully saturated rings. The number of hydrogen-bond acceptors (Lipinski definition) is 5. The van der Waals surface area contributed by atoms with E-state index < -0.39 is 11.2 Å². The first-order valence-corrected chi connectivity index (χ1v) is 6.61. The second-order valence-electron chi connectivity index (χ2n) is 5.03. The Kier molecular flexibility index (Phi) is 3.09. The van der Waals surface area contributed by atoms with Gasteiger partial charge in [0.1, 0.15) is 6.10 Å². The van der Waals surface area contributed by atoms with Gasteiger partial charge in [-0.3, -0.25) is 13.9 Å². The molecule has 0 bridgehead atoms. The number of H-pyrrole nitrogens is 1. The minimum absolute atomic E-state index is 0.0326. The Morgan fingerprint density at radius 1 is 1.30 bits per heavy atom. The first-order valence-electron chi connectivity index (χ1n) is 6.61. The minimum Gasteiger partial charge on any atom is -0.460 e.